The van der Waals surface area contributed by atoms with Crippen LogP contribution in [0, 0.1) is 6.92 Å². The Morgan fingerprint density at radius 2 is 2.20 bits per heavy atom. The van der Waals surface area contributed by atoms with Crippen LogP contribution in [0.4, 0.5) is 5.95 Å². The maximum absolute atomic E-state index is 4.54. The van der Waals surface area contributed by atoms with Gasteiger partial charge in [0, 0.05) is 18.8 Å². The molecule has 0 spiro atoms. The molecule has 0 saturated heterocycles. The van der Waals surface area contributed by atoms with Crippen molar-refractivity contribution in [2.75, 3.05) is 5.32 Å². The van der Waals surface area contributed by atoms with Gasteiger partial charge in [-0.25, -0.2) is 4.98 Å². The molecule has 3 nitrogen and oxygen atoms in total. The Hall–Kier alpha value is -0.990. The summed E-state index contributed by atoms with van der Waals surface area (Å²) in [5.41, 5.74) is 1.11. The van der Waals surface area contributed by atoms with E-state index in [9.17, 15) is 0 Å². The Morgan fingerprint density at radius 1 is 1.47 bits per heavy atom. The van der Waals surface area contributed by atoms with Gasteiger partial charge in [0.05, 0.1) is 5.69 Å². The minimum atomic E-state index is 0.655. The lowest BCUT2D eigenvalue weighted by Gasteiger charge is -2.14. The highest BCUT2D eigenvalue weighted by atomic mass is 15.2. The fourth-order valence-electron chi connectivity index (χ4n) is 2.33. The molecule has 84 valence electrons. The van der Waals surface area contributed by atoms with Crippen molar-refractivity contribution in [1.29, 1.82) is 0 Å². The number of hydrogen-bond acceptors (Lipinski definition) is 2. The monoisotopic (exact) mass is 207 g/mol. The van der Waals surface area contributed by atoms with E-state index in [1.54, 1.807) is 0 Å². The fraction of sp³-hybridized carbons (Fsp3) is 0.750. The third-order valence-electron chi connectivity index (χ3n) is 3.05. The summed E-state index contributed by atoms with van der Waals surface area (Å²) in [4.78, 5) is 4.54. The zero-order chi connectivity index (χ0) is 10.7. The fourth-order valence-corrected chi connectivity index (χ4v) is 2.33. The molecule has 0 radical (unpaired) electrons. The molecule has 0 unspecified atom stereocenters. The Balaban J connectivity index is 2.04. The zero-order valence-corrected chi connectivity index (χ0v) is 9.79. The van der Waals surface area contributed by atoms with Gasteiger partial charge in [-0.3, -0.25) is 0 Å². The van der Waals surface area contributed by atoms with E-state index in [-0.39, 0.29) is 0 Å². The van der Waals surface area contributed by atoms with Crippen LogP contribution in [0.1, 0.15) is 44.7 Å². The predicted molar refractivity (Wildman–Crippen MR) is 63.1 cm³/mol. The summed E-state index contributed by atoms with van der Waals surface area (Å²) in [5, 5.41) is 3.57. The number of aryl methyl sites for hydroxylation is 2. The second kappa shape index (κ2) is 4.69. The first-order valence-electron chi connectivity index (χ1n) is 6.10. The number of nitrogens with zero attached hydrogens (tertiary/aromatic N) is 2. The molecule has 0 atom stereocenters. The lowest BCUT2D eigenvalue weighted by Crippen LogP contribution is -2.18. The highest BCUT2D eigenvalue weighted by molar-refractivity contribution is 5.30. The molecular formula is C12H21N3. The van der Waals surface area contributed by atoms with Crippen molar-refractivity contribution < 1.29 is 0 Å². The molecule has 2 rings (SSSR count). The molecule has 1 aromatic heterocycles. The van der Waals surface area contributed by atoms with E-state index in [0.29, 0.717) is 6.04 Å². The molecule has 0 aromatic carbocycles. The van der Waals surface area contributed by atoms with Crippen LogP contribution >= 0.6 is 0 Å². The summed E-state index contributed by atoms with van der Waals surface area (Å²) >= 11 is 0. The van der Waals surface area contributed by atoms with Gasteiger partial charge in [-0.1, -0.05) is 19.8 Å². The molecule has 1 fully saturated rings. The molecule has 1 N–H and O–H groups in total. The van der Waals surface area contributed by atoms with Crippen LogP contribution in [0.5, 0.6) is 0 Å². The maximum atomic E-state index is 4.54. The summed E-state index contributed by atoms with van der Waals surface area (Å²) in [6.07, 6.45) is 8.64. The Morgan fingerprint density at radius 3 is 2.87 bits per heavy atom. The van der Waals surface area contributed by atoms with Gasteiger partial charge in [0.1, 0.15) is 0 Å². The lowest BCUT2D eigenvalue weighted by atomic mass is 10.2. The van der Waals surface area contributed by atoms with Gasteiger partial charge in [-0.15, -0.1) is 0 Å². The minimum Gasteiger partial charge on any atom is -0.353 e. The Kier molecular flexibility index (Phi) is 3.29. The molecule has 0 bridgehead atoms. The average Bonchev–Trinajstić information content (AvgIpc) is 2.78. The highest BCUT2D eigenvalue weighted by Gasteiger charge is 2.16. The van der Waals surface area contributed by atoms with E-state index in [1.165, 1.54) is 25.7 Å². The minimum absolute atomic E-state index is 0.655. The average molecular weight is 207 g/mol. The number of nitrogens with one attached hydrogen (secondary N) is 1. The quantitative estimate of drug-likeness (QED) is 0.822. The highest BCUT2D eigenvalue weighted by Crippen LogP contribution is 2.22. The van der Waals surface area contributed by atoms with Crippen LogP contribution in [-0.4, -0.2) is 15.6 Å². The number of anilines is 1. The standard InChI is InChI=1S/C12H21N3/c1-3-8-15-9-10(2)13-12(15)14-11-6-4-5-7-11/h9,11H,3-8H2,1-2H3,(H,13,14). The molecule has 1 aliphatic rings. The van der Waals surface area contributed by atoms with Crippen LogP contribution < -0.4 is 5.32 Å². The molecular weight excluding hydrogens is 186 g/mol. The first kappa shape index (κ1) is 10.5. The van der Waals surface area contributed by atoms with Crippen LogP contribution in [0.15, 0.2) is 6.20 Å². The van der Waals surface area contributed by atoms with E-state index < -0.39 is 0 Å². The molecule has 1 aliphatic carbocycles. The molecule has 1 aromatic rings. The largest absolute Gasteiger partial charge is 0.353 e. The maximum Gasteiger partial charge on any atom is 0.203 e. The number of rotatable bonds is 4. The first-order chi connectivity index (χ1) is 7.29. The summed E-state index contributed by atoms with van der Waals surface area (Å²) < 4.78 is 2.24. The van der Waals surface area contributed by atoms with Crippen molar-refractivity contribution in [3.63, 3.8) is 0 Å². The van der Waals surface area contributed by atoms with Crippen molar-refractivity contribution in [2.45, 2.75) is 58.5 Å². The second-order valence-electron chi connectivity index (χ2n) is 4.53. The van der Waals surface area contributed by atoms with Gasteiger partial charge in [0.25, 0.3) is 0 Å². The molecule has 15 heavy (non-hydrogen) atoms. The van der Waals surface area contributed by atoms with Crippen molar-refractivity contribution >= 4 is 5.95 Å². The third-order valence-corrected chi connectivity index (χ3v) is 3.05. The normalized spacial score (nSPS) is 17.2. The van der Waals surface area contributed by atoms with E-state index in [0.717, 1.165) is 24.6 Å². The third kappa shape index (κ3) is 2.52. The van der Waals surface area contributed by atoms with Crippen LogP contribution in [0.25, 0.3) is 0 Å². The smallest absolute Gasteiger partial charge is 0.203 e. The Bertz CT molecular complexity index is 311. The lowest BCUT2D eigenvalue weighted by molar-refractivity contribution is 0.662. The molecule has 1 saturated carbocycles. The molecule has 0 aliphatic heterocycles. The van der Waals surface area contributed by atoms with Crippen molar-refractivity contribution in [1.82, 2.24) is 9.55 Å². The van der Waals surface area contributed by atoms with E-state index in [4.69, 9.17) is 0 Å². The van der Waals surface area contributed by atoms with Crippen LogP contribution in [-0.2, 0) is 6.54 Å². The molecule has 0 amide bonds. The van der Waals surface area contributed by atoms with Gasteiger partial charge in [-0.05, 0) is 26.2 Å². The number of aromatic nitrogens is 2. The SMILES string of the molecule is CCCn1cc(C)nc1NC1CCCC1. The van der Waals surface area contributed by atoms with E-state index in [1.807, 2.05) is 0 Å². The van der Waals surface area contributed by atoms with E-state index in [2.05, 4.69) is 34.9 Å². The van der Waals surface area contributed by atoms with Crippen LogP contribution in [0.3, 0.4) is 0 Å². The van der Waals surface area contributed by atoms with Gasteiger partial charge in [0.2, 0.25) is 5.95 Å². The summed E-state index contributed by atoms with van der Waals surface area (Å²) in [7, 11) is 0. The van der Waals surface area contributed by atoms with E-state index >= 15 is 0 Å². The first-order valence-corrected chi connectivity index (χ1v) is 6.10. The topological polar surface area (TPSA) is 29.9 Å². The van der Waals surface area contributed by atoms with Gasteiger partial charge in [-0.2, -0.15) is 0 Å². The van der Waals surface area contributed by atoms with Gasteiger partial charge >= 0.3 is 0 Å². The summed E-state index contributed by atoms with van der Waals surface area (Å²) in [5.74, 6) is 1.07. The van der Waals surface area contributed by atoms with Gasteiger partial charge in [0.15, 0.2) is 0 Å². The van der Waals surface area contributed by atoms with Crippen molar-refractivity contribution in [3.8, 4) is 0 Å². The van der Waals surface area contributed by atoms with Crippen molar-refractivity contribution in [2.24, 2.45) is 0 Å². The number of hydrogen-bond donors (Lipinski definition) is 1. The molecule has 3 heteroatoms. The predicted octanol–water partition coefficient (Wildman–Crippen LogP) is 2.96. The Labute approximate surface area is 91.9 Å². The molecule has 1 heterocycles. The number of imidazole rings is 1. The summed E-state index contributed by atoms with van der Waals surface area (Å²) in [6.45, 7) is 5.33. The van der Waals surface area contributed by atoms with Gasteiger partial charge < -0.3 is 9.88 Å². The second-order valence-corrected chi connectivity index (χ2v) is 4.53. The summed E-state index contributed by atoms with van der Waals surface area (Å²) in [6, 6.07) is 0.655. The zero-order valence-electron chi connectivity index (χ0n) is 9.79. The van der Waals surface area contributed by atoms with Crippen molar-refractivity contribution in [3.05, 3.63) is 11.9 Å². The van der Waals surface area contributed by atoms with Crippen LogP contribution in [0.2, 0.25) is 0 Å².